The van der Waals surface area contributed by atoms with Crippen LogP contribution >= 0.6 is 23.1 Å². The van der Waals surface area contributed by atoms with Crippen molar-refractivity contribution in [2.45, 2.75) is 12.1 Å². The Morgan fingerprint density at radius 1 is 1.50 bits per heavy atom. The van der Waals surface area contributed by atoms with Gasteiger partial charge in [-0.2, -0.15) is 10.1 Å². The summed E-state index contributed by atoms with van der Waals surface area (Å²) in [5.41, 5.74) is 3.46. The van der Waals surface area contributed by atoms with Gasteiger partial charge in [-0.1, -0.05) is 11.8 Å². The van der Waals surface area contributed by atoms with E-state index in [9.17, 15) is 9.90 Å². The molecule has 2 aromatic heterocycles. The highest BCUT2D eigenvalue weighted by Crippen LogP contribution is 2.26. The molecule has 10 nitrogen and oxygen atoms in total. The van der Waals surface area contributed by atoms with Crippen molar-refractivity contribution in [3.05, 3.63) is 35.3 Å². The standard InChI is InChI=1S/C16H17N7O3S2/c1-2-26-12-7-10(3-4-11(12)24)8-18-21-14-20-16(23-22-14)28-9-13(25)19-15-17-5-6-27-15/h3-8,24H,2,9H2,1H3,(H,17,19,25)(H2,20,21,22,23)/b18-8-. The van der Waals surface area contributed by atoms with E-state index in [2.05, 4.69) is 36.0 Å². The van der Waals surface area contributed by atoms with Gasteiger partial charge in [0.25, 0.3) is 0 Å². The molecule has 0 fully saturated rings. The van der Waals surface area contributed by atoms with E-state index in [0.29, 0.717) is 28.6 Å². The highest BCUT2D eigenvalue weighted by atomic mass is 32.2. The van der Waals surface area contributed by atoms with Crippen molar-refractivity contribution >= 4 is 46.3 Å². The van der Waals surface area contributed by atoms with Crippen molar-refractivity contribution in [1.82, 2.24) is 20.2 Å². The van der Waals surface area contributed by atoms with Crippen molar-refractivity contribution in [3.63, 3.8) is 0 Å². The quantitative estimate of drug-likeness (QED) is 0.236. The summed E-state index contributed by atoms with van der Waals surface area (Å²) in [6.45, 7) is 2.29. The Morgan fingerprint density at radius 2 is 2.39 bits per heavy atom. The van der Waals surface area contributed by atoms with Crippen LogP contribution in [0, 0.1) is 0 Å². The molecule has 0 spiro atoms. The number of nitrogens with zero attached hydrogens (tertiary/aromatic N) is 4. The van der Waals surface area contributed by atoms with Crippen LogP contribution in [0.3, 0.4) is 0 Å². The maximum absolute atomic E-state index is 11.8. The number of amides is 1. The average Bonchev–Trinajstić information content (AvgIpc) is 3.35. The van der Waals surface area contributed by atoms with Gasteiger partial charge in [0, 0.05) is 11.6 Å². The Labute approximate surface area is 168 Å². The van der Waals surface area contributed by atoms with Gasteiger partial charge in [0.15, 0.2) is 16.6 Å². The number of ether oxygens (including phenoxy) is 1. The molecule has 0 aliphatic rings. The summed E-state index contributed by atoms with van der Waals surface area (Å²) in [6, 6.07) is 4.91. The number of aromatic nitrogens is 4. The Kier molecular flexibility index (Phi) is 6.81. The van der Waals surface area contributed by atoms with E-state index >= 15 is 0 Å². The number of benzene rings is 1. The van der Waals surface area contributed by atoms with E-state index in [-0.39, 0.29) is 17.4 Å². The molecule has 4 N–H and O–H groups in total. The van der Waals surface area contributed by atoms with E-state index in [4.69, 9.17) is 4.74 Å². The highest BCUT2D eigenvalue weighted by Gasteiger charge is 2.09. The first-order valence-electron chi connectivity index (χ1n) is 8.13. The predicted molar refractivity (Wildman–Crippen MR) is 108 cm³/mol. The second-order valence-electron chi connectivity index (χ2n) is 5.17. The maximum atomic E-state index is 11.8. The minimum Gasteiger partial charge on any atom is -0.504 e. The number of H-pyrrole nitrogens is 1. The molecule has 0 atom stereocenters. The summed E-state index contributed by atoms with van der Waals surface area (Å²) in [5, 5.41) is 25.9. The molecule has 0 aliphatic carbocycles. The zero-order valence-corrected chi connectivity index (χ0v) is 16.4. The van der Waals surface area contributed by atoms with E-state index in [1.54, 1.807) is 29.9 Å². The lowest BCUT2D eigenvalue weighted by atomic mass is 10.2. The first-order valence-corrected chi connectivity index (χ1v) is 10.00. The number of rotatable bonds is 9. The van der Waals surface area contributed by atoms with Crippen molar-refractivity contribution in [2.24, 2.45) is 5.10 Å². The lowest BCUT2D eigenvalue weighted by Crippen LogP contribution is -2.13. The number of thioether (sulfide) groups is 1. The number of hydrazone groups is 1. The molecule has 3 rings (SSSR count). The smallest absolute Gasteiger partial charge is 0.240 e. The van der Waals surface area contributed by atoms with Crippen LogP contribution in [-0.2, 0) is 4.79 Å². The van der Waals surface area contributed by atoms with Crippen LogP contribution < -0.4 is 15.5 Å². The van der Waals surface area contributed by atoms with Gasteiger partial charge in [0.1, 0.15) is 0 Å². The second kappa shape index (κ2) is 9.71. The summed E-state index contributed by atoms with van der Waals surface area (Å²) < 4.78 is 5.32. The monoisotopic (exact) mass is 419 g/mol. The van der Waals surface area contributed by atoms with Gasteiger partial charge >= 0.3 is 0 Å². The third kappa shape index (κ3) is 5.69. The van der Waals surface area contributed by atoms with Crippen LogP contribution in [-0.4, -0.2) is 49.8 Å². The minimum atomic E-state index is -0.185. The minimum absolute atomic E-state index is 0.0720. The average molecular weight is 419 g/mol. The molecule has 3 aromatic rings. The first-order chi connectivity index (χ1) is 13.6. The van der Waals surface area contributed by atoms with Gasteiger partial charge < -0.3 is 15.2 Å². The zero-order valence-electron chi connectivity index (χ0n) is 14.7. The predicted octanol–water partition coefficient (Wildman–Crippen LogP) is 2.54. The van der Waals surface area contributed by atoms with Crippen LogP contribution in [0.4, 0.5) is 11.1 Å². The number of aromatic hydroxyl groups is 1. The van der Waals surface area contributed by atoms with Crippen LogP contribution in [0.25, 0.3) is 0 Å². The molecule has 2 heterocycles. The summed E-state index contributed by atoms with van der Waals surface area (Å²) in [4.78, 5) is 20.0. The highest BCUT2D eigenvalue weighted by molar-refractivity contribution is 7.99. The summed E-state index contributed by atoms with van der Waals surface area (Å²) in [7, 11) is 0. The second-order valence-corrected chi connectivity index (χ2v) is 7.01. The largest absolute Gasteiger partial charge is 0.504 e. The topological polar surface area (TPSA) is 137 Å². The van der Waals surface area contributed by atoms with Crippen LogP contribution in [0.5, 0.6) is 11.5 Å². The Balaban J connectivity index is 1.48. The number of anilines is 2. The molecule has 0 bridgehead atoms. The van der Waals surface area contributed by atoms with Crippen molar-refractivity contribution in [2.75, 3.05) is 23.1 Å². The fourth-order valence-corrected chi connectivity index (χ4v) is 3.13. The number of hydrogen-bond acceptors (Lipinski definition) is 10. The van der Waals surface area contributed by atoms with E-state index in [1.807, 2.05) is 6.92 Å². The molecule has 0 unspecified atom stereocenters. The molecule has 146 valence electrons. The van der Waals surface area contributed by atoms with Crippen molar-refractivity contribution < 1.29 is 14.6 Å². The van der Waals surface area contributed by atoms with Crippen LogP contribution in [0.2, 0.25) is 0 Å². The molecular weight excluding hydrogens is 402 g/mol. The Bertz CT molecular complexity index is 944. The molecule has 28 heavy (non-hydrogen) atoms. The first kappa shape index (κ1) is 19.6. The van der Waals surface area contributed by atoms with E-state index in [0.717, 1.165) is 5.56 Å². The fourth-order valence-electron chi connectivity index (χ4n) is 1.98. The van der Waals surface area contributed by atoms with Gasteiger partial charge in [-0.3, -0.25) is 4.79 Å². The van der Waals surface area contributed by atoms with E-state index < -0.39 is 0 Å². The van der Waals surface area contributed by atoms with Gasteiger partial charge in [-0.05, 0) is 30.7 Å². The number of phenolic OH excluding ortho intramolecular Hbond substituents is 1. The molecule has 12 heteroatoms. The zero-order chi connectivity index (χ0) is 19.8. The summed E-state index contributed by atoms with van der Waals surface area (Å²) in [5.74, 6) is 0.773. The fraction of sp³-hybridized carbons (Fsp3) is 0.188. The summed E-state index contributed by atoms with van der Waals surface area (Å²) >= 11 is 2.54. The summed E-state index contributed by atoms with van der Waals surface area (Å²) in [6.07, 6.45) is 3.18. The van der Waals surface area contributed by atoms with Gasteiger partial charge in [-0.25, -0.2) is 15.5 Å². The number of hydrogen-bond donors (Lipinski definition) is 4. The number of carbonyl (C=O) groups is 1. The van der Waals surface area contributed by atoms with E-state index in [1.165, 1.54) is 29.2 Å². The van der Waals surface area contributed by atoms with Crippen molar-refractivity contribution in [3.8, 4) is 11.5 Å². The molecule has 0 aliphatic heterocycles. The molecular formula is C16H17N7O3S2. The van der Waals surface area contributed by atoms with Gasteiger partial charge in [-0.15, -0.1) is 16.4 Å². The Morgan fingerprint density at radius 3 is 3.18 bits per heavy atom. The number of carbonyl (C=O) groups excluding carboxylic acids is 1. The number of aromatic amines is 1. The Hall–Kier alpha value is -3.12. The molecule has 0 radical (unpaired) electrons. The SMILES string of the molecule is CCOc1cc(/C=N\Nc2nc(SCC(=O)Nc3nccs3)n[nH]2)ccc1O. The normalized spacial score (nSPS) is 10.9. The molecule has 1 aromatic carbocycles. The van der Waals surface area contributed by atoms with Crippen LogP contribution in [0.15, 0.2) is 40.0 Å². The number of thiazole rings is 1. The molecule has 0 saturated heterocycles. The molecule has 0 saturated carbocycles. The third-order valence-corrected chi connectivity index (χ3v) is 4.68. The van der Waals surface area contributed by atoms with Crippen molar-refractivity contribution in [1.29, 1.82) is 0 Å². The number of nitrogens with one attached hydrogen (secondary N) is 3. The molecule has 1 amide bonds. The van der Waals surface area contributed by atoms with Crippen LogP contribution in [0.1, 0.15) is 12.5 Å². The third-order valence-electron chi connectivity index (χ3n) is 3.14. The number of phenols is 1. The lowest BCUT2D eigenvalue weighted by molar-refractivity contribution is -0.113. The van der Waals surface area contributed by atoms with Gasteiger partial charge in [0.2, 0.25) is 17.0 Å². The maximum Gasteiger partial charge on any atom is 0.240 e. The lowest BCUT2D eigenvalue weighted by Gasteiger charge is -2.05. The van der Waals surface area contributed by atoms with Gasteiger partial charge in [0.05, 0.1) is 18.6 Å².